The minimum absolute atomic E-state index is 0.100. The predicted octanol–water partition coefficient (Wildman–Crippen LogP) is 1.94. The Morgan fingerprint density at radius 1 is 1.40 bits per heavy atom. The van der Waals surface area contributed by atoms with E-state index in [-0.39, 0.29) is 5.91 Å². The van der Waals surface area contributed by atoms with Crippen LogP contribution in [0.2, 0.25) is 0 Å². The number of hydrogen-bond donors (Lipinski definition) is 1. The highest BCUT2D eigenvalue weighted by Crippen LogP contribution is 2.36. The maximum absolute atomic E-state index is 11.9. The standard InChI is InChI=1S/C11H12N2OS/c14-10-11(5-1-2-6-11)13-9(12-10)8-4-3-7-15-8/h3-4,7H,1-2,5-6H2,(H,12,13,14). The van der Waals surface area contributed by atoms with Gasteiger partial charge in [-0.1, -0.05) is 18.9 Å². The summed E-state index contributed by atoms with van der Waals surface area (Å²) in [4.78, 5) is 17.6. The van der Waals surface area contributed by atoms with Crippen LogP contribution in [-0.4, -0.2) is 17.3 Å². The molecule has 4 heteroatoms. The topological polar surface area (TPSA) is 41.5 Å². The van der Waals surface area contributed by atoms with Gasteiger partial charge < -0.3 is 5.32 Å². The normalized spacial score (nSPS) is 23.2. The molecule has 1 fully saturated rings. The van der Waals surface area contributed by atoms with Crippen molar-refractivity contribution in [2.75, 3.05) is 0 Å². The van der Waals surface area contributed by atoms with Crippen LogP contribution in [0.15, 0.2) is 22.5 Å². The van der Waals surface area contributed by atoms with Gasteiger partial charge >= 0.3 is 0 Å². The van der Waals surface area contributed by atoms with Crippen molar-refractivity contribution in [1.82, 2.24) is 5.32 Å². The molecule has 1 amide bonds. The summed E-state index contributed by atoms with van der Waals surface area (Å²) >= 11 is 1.62. The lowest BCUT2D eigenvalue weighted by molar-refractivity contribution is -0.123. The van der Waals surface area contributed by atoms with Gasteiger partial charge in [0.15, 0.2) is 0 Å². The Morgan fingerprint density at radius 3 is 2.87 bits per heavy atom. The van der Waals surface area contributed by atoms with Crippen LogP contribution in [0.4, 0.5) is 0 Å². The van der Waals surface area contributed by atoms with Gasteiger partial charge in [-0.05, 0) is 24.3 Å². The lowest BCUT2D eigenvalue weighted by Gasteiger charge is -2.14. The smallest absolute Gasteiger partial charge is 0.253 e. The van der Waals surface area contributed by atoms with Gasteiger partial charge in [-0.15, -0.1) is 11.3 Å². The molecule has 0 radical (unpaired) electrons. The summed E-state index contributed by atoms with van der Waals surface area (Å²) in [7, 11) is 0. The number of carbonyl (C=O) groups is 1. The molecule has 3 rings (SSSR count). The number of carbonyl (C=O) groups excluding carboxylic acids is 1. The van der Waals surface area contributed by atoms with E-state index in [1.165, 1.54) is 0 Å². The van der Waals surface area contributed by atoms with Gasteiger partial charge in [0.2, 0.25) is 0 Å². The second-order valence-electron chi connectivity index (χ2n) is 4.13. The fourth-order valence-electron chi connectivity index (χ4n) is 2.35. The molecule has 0 saturated heterocycles. The third-order valence-corrected chi connectivity index (χ3v) is 4.04. The van der Waals surface area contributed by atoms with Crippen molar-refractivity contribution in [2.45, 2.75) is 31.2 Å². The lowest BCUT2D eigenvalue weighted by atomic mass is 9.99. The fourth-order valence-corrected chi connectivity index (χ4v) is 3.01. The van der Waals surface area contributed by atoms with Crippen LogP contribution in [0, 0.1) is 0 Å². The maximum atomic E-state index is 11.9. The molecular weight excluding hydrogens is 208 g/mol. The summed E-state index contributed by atoms with van der Waals surface area (Å²) in [6.07, 6.45) is 4.06. The average Bonchev–Trinajstić information content (AvgIpc) is 2.93. The maximum Gasteiger partial charge on any atom is 0.253 e. The Hall–Kier alpha value is -1.16. The van der Waals surface area contributed by atoms with E-state index in [0.29, 0.717) is 0 Å². The average molecular weight is 220 g/mol. The van der Waals surface area contributed by atoms with Crippen LogP contribution in [0.3, 0.4) is 0 Å². The van der Waals surface area contributed by atoms with Gasteiger partial charge in [-0.2, -0.15) is 0 Å². The molecule has 1 saturated carbocycles. The first-order chi connectivity index (χ1) is 7.30. The molecule has 3 nitrogen and oxygen atoms in total. The Balaban J connectivity index is 1.97. The molecule has 0 bridgehead atoms. The van der Waals surface area contributed by atoms with Crippen LogP contribution >= 0.6 is 11.3 Å². The lowest BCUT2D eigenvalue weighted by Crippen LogP contribution is -2.37. The molecule has 1 aliphatic carbocycles. The number of aliphatic imine (C=N–C) groups is 1. The zero-order valence-electron chi connectivity index (χ0n) is 8.32. The van der Waals surface area contributed by atoms with Gasteiger partial charge in [0.1, 0.15) is 11.4 Å². The minimum Gasteiger partial charge on any atom is -0.308 e. The molecule has 78 valence electrons. The molecule has 1 aromatic heterocycles. The summed E-state index contributed by atoms with van der Waals surface area (Å²) in [5.74, 6) is 0.875. The third kappa shape index (κ3) is 1.32. The molecule has 0 unspecified atom stereocenters. The van der Waals surface area contributed by atoms with E-state index < -0.39 is 5.54 Å². The summed E-state index contributed by atoms with van der Waals surface area (Å²) in [5.41, 5.74) is -0.417. The molecular formula is C11H12N2OS. The molecule has 1 aromatic rings. The largest absolute Gasteiger partial charge is 0.308 e. The molecule has 1 N–H and O–H groups in total. The Kier molecular flexibility index (Phi) is 1.92. The predicted molar refractivity (Wildman–Crippen MR) is 60.2 cm³/mol. The third-order valence-electron chi connectivity index (χ3n) is 3.17. The number of rotatable bonds is 1. The fraction of sp³-hybridized carbons (Fsp3) is 0.455. The number of nitrogens with zero attached hydrogens (tertiary/aromatic N) is 1. The second kappa shape index (κ2) is 3.17. The van der Waals surface area contributed by atoms with E-state index in [2.05, 4.69) is 10.3 Å². The van der Waals surface area contributed by atoms with E-state index >= 15 is 0 Å². The quantitative estimate of drug-likeness (QED) is 0.772. The van der Waals surface area contributed by atoms with Crippen LogP contribution in [0.25, 0.3) is 0 Å². The van der Waals surface area contributed by atoms with Crippen LogP contribution in [-0.2, 0) is 4.79 Å². The van der Waals surface area contributed by atoms with Gasteiger partial charge in [0.05, 0.1) is 4.88 Å². The van der Waals surface area contributed by atoms with Crippen molar-refractivity contribution in [2.24, 2.45) is 4.99 Å². The van der Waals surface area contributed by atoms with Gasteiger partial charge in [0, 0.05) is 0 Å². The van der Waals surface area contributed by atoms with E-state index in [4.69, 9.17) is 0 Å². The van der Waals surface area contributed by atoms with Crippen LogP contribution in [0.1, 0.15) is 30.6 Å². The van der Waals surface area contributed by atoms with Crippen molar-refractivity contribution in [1.29, 1.82) is 0 Å². The Bertz CT molecular complexity index is 416. The molecule has 15 heavy (non-hydrogen) atoms. The zero-order valence-corrected chi connectivity index (χ0v) is 9.14. The van der Waals surface area contributed by atoms with Crippen molar-refractivity contribution >= 4 is 23.1 Å². The summed E-state index contributed by atoms with van der Waals surface area (Å²) in [5, 5.41) is 4.91. The number of amidine groups is 1. The van der Waals surface area contributed by atoms with Crippen molar-refractivity contribution in [3.05, 3.63) is 22.4 Å². The van der Waals surface area contributed by atoms with Gasteiger partial charge in [-0.3, -0.25) is 9.79 Å². The number of nitrogens with one attached hydrogen (secondary N) is 1. The van der Waals surface area contributed by atoms with Crippen LogP contribution in [0.5, 0.6) is 0 Å². The van der Waals surface area contributed by atoms with E-state index in [0.717, 1.165) is 36.4 Å². The summed E-state index contributed by atoms with van der Waals surface area (Å²) in [6.45, 7) is 0. The first-order valence-electron chi connectivity index (χ1n) is 5.25. The van der Waals surface area contributed by atoms with E-state index in [9.17, 15) is 4.79 Å². The number of amides is 1. The van der Waals surface area contributed by atoms with E-state index in [1.807, 2.05) is 17.5 Å². The first-order valence-corrected chi connectivity index (χ1v) is 6.13. The highest BCUT2D eigenvalue weighted by atomic mass is 32.1. The van der Waals surface area contributed by atoms with Crippen molar-refractivity contribution in [3.63, 3.8) is 0 Å². The van der Waals surface area contributed by atoms with Gasteiger partial charge in [-0.25, -0.2) is 0 Å². The van der Waals surface area contributed by atoms with E-state index in [1.54, 1.807) is 11.3 Å². The minimum atomic E-state index is -0.417. The van der Waals surface area contributed by atoms with Gasteiger partial charge in [0.25, 0.3) is 5.91 Å². The Labute approximate surface area is 92.2 Å². The van der Waals surface area contributed by atoms with Crippen LogP contribution < -0.4 is 5.32 Å². The van der Waals surface area contributed by atoms with Crippen molar-refractivity contribution in [3.8, 4) is 0 Å². The molecule has 0 aromatic carbocycles. The highest BCUT2D eigenvalue weighted by molar-refractivity contribution is 7.12. The first kappa shape index (κ1) is 9.09. The summed E-state index contributed by atoms with van der Waals surface area (Å²) in [6, 6.07) is 3.98. The molecule has 1 aliphatic heterocycles. The zero-order chi connectivity index (χ0) is 10.3. The molecule has 1 spiro atoms. The highest BCUT2D eigenvalue weighted by Gasteiger charge is 2.45. The second-order valence-corrected chi connectivity index (χ2v) is 5.08. The number of hydrogen-bond acceptors (Lipinski definition) is 3. The Morgan fingerprint density at radius 2 is 2.20 bits per heavy atom. The van der Waals surface area contributed by atoms with Crippen molar-refractivity contribution < 1.29 is 4.79 Å². The summed E-state index contributed by atoms with van der Waals surface area (Å²) < 4.78 is 0. The molecule has 0 atom stereocenters. The monoisotopic (exact) mass is 220 g/mol. The SMILES string of the molecule is O=C1NC(c2cccs2)=NC12CCCC2. The molecule has 2 aliphatic rings. The number of thiophene rings is 1. The molecule has 2 heterocycles.